The largest absolute Gasteiger partial charge is 0.480 e. The van der Waals surface area contributed by atoms with Crippen molar-refractivity contribution < 1.29 is 15.0 Å². The van der Waals surface area contributed by atoms with Gasteiger partial charge in [0.1, 0.15) is 4.32 Å². The molecule has 0 aliphatic carbocycles. The Balaban J connectivity index is 3.68. The molecule has 2 N–H and O–H groups in total. The summed E-state index contributed by atoms with van der Waals surface area (Å²) in [5.74, 6) is -0.845. The Morgan fingerprint density at radius 3 is 2.50 bits per heavy atom. The van der Waals surface area contributed by atoms with E-state index in [-0.39, 0.29) is 6.10 Å². The SMILES string of the molecule is CCCC(O)CCCC(C)(Br)C(=O)O. The summed E-state index contributed by atoms with van der Waals surface area (Å²) >= 11 is 3.15. The van der Waals surface area contributed by atoms with Gasteiger partial charge in [0.05, 0.1) is 6.10 Å². The third-order valence-corrected chi connectivity index (χ3v) is 2.99. The lowest BCUT2D eigenvalue weighted by Gasteiger charge is -2.17. The van der Waals surface area contributed by atoms with E-state index in [1.54, 1.807) is 6.92 Å². The van der Waals surface area contributed by atoms with Crippen molar-refractivity contribution in [1.29, 1.82) is 0 Å². The molecule has 3 nitrogen and oxygen atoms in total. The number of carboxylic acids is 1. The predicted molar refractivity (Wildman–Crippen MR) is 59.7 cm³/mol. The van der Waals surface area contributed by atoms with Crippen molar-refractivity contribution in [3.05, 3.63) is 0 Å². The van der Waals surface area contributed by atoms with Crippen LogP contribution in [0.1, 0.15) is 46.0 Å². The lowest BCUT2D eigenvalue weighted by molar-refractivity contribution is -0.139. The minimum Gasteiger partial charge on any atom is -0.480 e. The molecule has 0 saturated carbocycles. The number of aliphatic hydroxyl groups is 1. The van der Waals surface area contributed by atoms with E-state index in [0.717, 1.165) is 19.3 Å². The number of aliphatic hydroxyl groups excluding tert-OH is 1. The van der Waals surface area contributed by atoms with Gasteiger partial charge in [-0.1, -0.05) is 29.3 Å². The van der Waals surface area contributed by atoms with Gasteiger partial charge in [-0.25, -0.2) is 0 Å². The molecular formula is C10H19BrO3. The van der Waals surface area contributed by atoms with E-state index < -0.39 is 10.3 Å². The van der Waals surface area contributed by atoms with E-state index >= 15 is 0 Å². The van der Waals surface area contributed by atoms with Crippen LogP contribution in [-0.2, 0) is 4.79 Å². The van der Waals surface area contributed by atoms with Gasteiger partial charge in [0, 0.05) is 0 Å². The zero-order valence-corrected chi connectivity index (χ0v) is 10.4. The topological polar surface area (TPSA) is 57.5 Å². The average Bonchev–Trinajstić information content (AvgIpc) is 2.04. The van der Waals surface area contributed by atoms with E-state index in [0.29, 0.717) is 12.8 Å². The maximum absolute atomic E-state index is 10.7. The third-order valence-electron chi connectivity index (χ3n) is 2.25. The molecule has 0 aliphatic rings. The third kappa shape index (κ3) is 5.60. The summed E-state index contributed by atoms with van der Waals surface area (Å²) in [6.45, 7) is 3.66. The van der Waals surface area contributed by atoms with Crippen molar-refractivity contribution in [2.45, 2.75) is 56.4 Å². The molecule has 0 rings (SSSR count). The first-order valence-electron chi connectivity index (χ1n) is 5.00. The number of halogens is 1. The monoisotopic (exact) mass is 266 g/mol. The van der Waals surface area contributed by atoms with E-state index in [2.05, 4.69) is 15.9 Å². The Labute approximate surface area is 93.6 Å². The molecule has 0 aliphatic heterocycles. The summed E-state index contributed by atoms with van der Waals surface area (Å²) in [6, 6.07) is 0. The number of aliphatic carboxylic acids is 1. The standard InChI is InChI=1S/C10H19BrO3/c1-3-5-8(12)6-4-7-10(2,11)9(13)14/h8,12H,3-7H2,1-2H3,(H,13,14). The minimum atomic E-state index is -0.848. The van der Waals surface area contributed by atoms with Gasteiger partial charge in [-0.2, -0.15) is 0 Å². The summed E-state index contributed by atoms with van der Waals surface area (Å²) in [5, 5.41) is 18.2. The van der Waals surface area contributed by atoms with Crippen molar-refractivity contribution >= 4 is 21.9 Å². The summed E-state index contributed by atoms with van der Waals surface area (Å²) in [5.41, 5.74) is 0. The van der Waals surface area contributed by atoms with Crippen molar-refractivity contribution in [1.82, 2.24) is 0 Å². The van der Waals surface area contributed by atoms with Crippen LogP contribution in [0.15, 0.2) is 0 Å². The van der Waals surface area contributed by atoms with Gasteiger partial charge in [-0.3, -0.25) is 4.79 Å². The molecule has 0 aromatic carbocycles. The molecule has 0 spiro atoms. The Morgan fingerprint density at radius 2 is 2.07 bits per heavy atom. The molecule has 0 radical (unpaired) electrons. The normalized spacial score (nSPS) is 17.4. The zero-order valence-electron chi connectivity index (χ0n) is 8.79. The van der Waals surface area contributed by atoms with Crippen molar-refractivity contribution in [2.24, 2.45) is 0 Å². The molecule has 14 heavy (non-hydrogen) atoms. The van der Waals surface area contributed by atoms with E-state index in [9.17, 15) is 9.90 Å². The van der Waals surface area contributed by atoms with Gasteiger partial charge in [0.15, 0.2) is 0 Å². The van der Waals surface area contributed by atoms with E-state index in [1.807, 2.05) is 6.92 Å². The zero-order chi connectivity index (χ0) is 11.2. The molecular weight excluding hydrogens is 248 g/mol. The highest BCUT2D eigenvalue weighted by atomic mass is 79.9. The van der Waals surface area contributed by atoms with Crippen LogP contribution in [0.2, 0.25) is 0 Å². The van der Waals surface area contributed by atoms with Crippen LogP contribution in [0.5, 0.6) is 0 Å². The number of alkyl halides is 1. The van der Waals surface area contributed by atoms with Crippen LogP contribution < -0.4 is 0 Å². The Kier molecular flexibility index (Phi) is 6.36. The quantitative estimate of drug-likeness (QED) is 0.697. The number of rotatable bonds is 7. The summed E-state index contributed by atoms with van der Waals surface area (Å²) < 4.78 is -0.848. The number of carboxylic acid groups (broad SMARTS) is 1. The fourth-order valence-corrected chi connectivity index (χ4v) is 1.53. The Bertz CT molecular complexity index is 180. The predicted octanol–water partition coefficient (Wildman–Crippen LogP) is 2.56. The summed E-state index contributed by atoms with van der Waals surface area (Å²) in [6.07, 6.45) is 3.44. The van der Waals surface area contributed by atoms with Gasteiger partial charge in [0.2, 0.25) is 0 Å². The first-order valence-corrected chi connectivity index (χ1v) is 5.80. The molecule has 0 amide bonds. The van der Waals surface area contributed by atoms with Crippen LogP contribution >= 0.6 is 15.9 Å². The van der Waals surface area contributed by atoms with Gasteiger partial charge in [-0.15, -0.1) is 0 Å². The molecule has 0 aromatic heterocycles. The lowest BCUT2D eigenvalue weighted by atomic mass is 10.0. The van der Waals surface area contributed by atoms with Crippen LogP contribution in [0.25, 0.3) is 0 Å². The smallest absolute Gasteiger partial charge is 0.320 e. The molecule has 2 unspecified atom stereocenters. The van der Waals surface area contributed by atoms with Crippen molar-refractivity contribution in [2.75, 3.05) is 0 Å². The van der Waals surface area contributed by atoms with Crippen LogP contribution in [-0.4, -0.2) is 26.6 Å². The molecule has 0 saturated heterocycles. The molecule has 0 aromatic rings. The van der Waals surface area contributed by atoms with E-state index in [1.165, 1.54) is 0 Å². The van der Waals surface area contributed by atoms with Crippen LogP contribution in [0, 0.1) is 0 Å². The van der Waals surface area contributed by atoms with Gasteiger partial charge in [-0.05, 0) is 32.6 Å². The molecule has 0 bridgehead atoms. The first kappa shape index (κ1) is 13.9. The Hall–Kier alpha value is -0.0900. The highest BCUT2D eigenvalue weighted by Gasteiger charge is 2.28. The van der Waals surface area contributed by atoms with Crippen LogP contribution in [0.4, 0.5) is 0 Å². The molecule has 2 atom stereocenters. The maximum Gasteiger partial charge on any atom is 0.320 e. The van der Waals surface area contributed by atoms with Crippen molar-refractivity contribution in [3.63, 3.8) is 0 Å². The van der Waals surface area contributed by atoms with Gasteiger partial charge in [0.25, 0.3) is 0 Å². The minimum absolute atomic E-state index is 0.280. The Morgan fingerprint density at radius 1 is 1.50 bits per heavy atom. The van der Waals surface area contributed by atoms with E-state index in [4.69, 9.17) is 5.11 Å². The second-order valence-electron chi connectivity index (χ2n) is 3.84. The van der Waals surface area contributed by atoms with Gasteiger partial charge < -0.3 is 10.2 Å². The maximum atomic E-state index is 10.7. The number of hydrogen-bond donors (Lipinski definition) is 2. The van der Waals surface area contributed by atoms with Gasteiger partial charge >= 0.3 is 5.97 Å². The number of carbonyl (C=O) groups is 1. The summed E-state index contributed by atoms with van der Waals surface area (Å²) in [4.78, 5) is 10.7. The highest BCUT2D eigenvalue weighted by molar-refractivity contribution is 9.10. The highest BCUT2D eigenvalue weighted by Crippen LogP contribution is 2.25. The number of hydrogen-bond acceptors (Lipinski definition) is 2. The fraction of sp³-hybridized carbons (Fsp3) is 0.900. The second-order valence-corrected chi connectivity index (χ2v) is 5.59. The summed E-state index contributed by atoms with van der Waals surface area (Å²) in [7, 11) is 0. The molecule has 0 heterocycles. The lowest BCUT2D eigenvalue weighted by Crippen LogP contribution is -2.27. The molecule has 84 valence electrons. The van der Waals surface area contributed by atoms with Crippen LogP contribution in [0.3, 0.4) is 0 Å². The molecule has 4 heteroatoms. The first-order chi connectivity index (χ1) is 6.40. The average molecular weight is 267 g/mol. The van der Waals surface area contributed by atoms with Crippen molar-refractivity contribution in [3.8, 4) is 0 Å². The second kappa shape index (κ2) is 6.40. The fourth-order valence-electron chi connectivity index (χ4n) is 1.25. The molecule has 0 fully saturated rings.